The first-order chi connectivity index (χ1) is 16.0. The minimum Gasteiger partial charge on any atom is -0.384 e. The van der Waals surface area contributed by atoms with Gasteiger partial charge in [0, 0.05) is 67.0 Å². The molecule has 6 heteroatoms. The molecule has 0 bridgehead atoms. The van der Waals surface area contributed by atoms with Crippen LogP contribution in [0.4, 0.5) is 11.5 Å². The highest BCUT2D eigenvalue weighted by Gasteiger charge is 2.27. The highest BCUT2D eigenvalue weighted by molar-refractivity contribution is 5.95. The normalized spacial score (nSPS) is 18.2. The van der Waals surface area contributed by atoms with E-state index in [0.29, 0.717) is 12.4 Å². The predicted octanol–water partition coefficient (Wildman–Crippen LogP) is 4.44. The molecule has 1 saturated heterocycles. The van der Waals surface area contributed by atoms with Crippen LogP contribution in [-0.2, 0) is 6.42 Å². The molecule has 0 spiro atoms. The quantitative estimate of drug-likeness (QED) is 0.650. The van der Waals surface area contributed by atoms with Crippen LogP contribution in [0.25, 0.3) is 11.1 Å². The molecule has 1 atom stereocenters. The predicted molar refractivity (Wildman–Crippen MR) is 133 cm³/mol. The number of aryl methyl sites for hydroxylation is 2. The van der Waals surface area contributed by atoms with Gasteiger partial charge in [-0.05, 0) is 86.2 Å². The Labute approximate surface area is 195 Å². The van der Waals surface area contributed by atoms with Crippen molar-refractivity contribution in [3.8, 4) is 11.1 Å². The van der Waals surface area contributed by atoms with E-state index in [-0.39, 0.29) is 11.8 Å². The fourth-order valence-corrected chi connectivity index (χ4v) is 5.15. The molecular formula is C27H31N5O. The topological polar surface area (TPSA) is 75.3 Å². The van der Waals surface area contributed by atoms with Gasteiger partial charge in [-0.25, -0.2) is 4.98 Å². The number of amides is 1. The van der Waals surface area contributed by atoms with Crippen molar-refractivity contribution in [2.45, 2.75) is 38.5 Å². The van der Waals surface area contributed by atoms with Gasteiger partial charge >= 0.3 is 0 Å². The zero-order valence-corrected chi connectivity index (χ0v) is 19.4. The summed E-state index contributed by atoms with van der Waals surface area (Å²) in [6, 6.07) is 14.2. The summed E-state index contributed by atoms with van der Waals surface area (Å²) in [5.41, 5.74) is 13.2. The zero-order chi connectivity index (χ0) is 22.9. The molecule has 0 saturated carbocycles. The van der Waals surface area contributed by atoms with Gasteiger partial charge in [0.2, 0.25) is 0 Å². The van der Waals surface area contributed by atoms with Crippen LogP contribution >= 0.6 is 0 Å². The Morgan fingerprint density at radius 3 is 2.76 bits per heavy atom. The number of nitrogen functional groups attached to an aromatic ring is 1. The third-order valence-corrected chi connectivity index (χ3v) is 6.90. The van der Waals surface area contributed by atoms with E-state index in [9.17, 15) is 4.79 Å². The number of hydrogen-bond acceptors (Lipinski definition) is 5. The molecule has 0 aliphatic carbocycles. The van der Waals surface area contributed by atoms with Crippen LogP contribution < -0.4 is 10.6 Å². The van der Waals surface area contributed by atoms with E-state index >= 15 is 0 Å². The number of fused-ring (bicyclic) bond motifs is 1. The van der Waals surface area contributed by atoms with Crippen LogP contribution in [0.15, 0.2) is 48.7 Å². The standard InChI is InChI=1S/C27H31N5O/c1-18-13-23(21-8-10-26(28)29-16-21)15-24(30-18)22-6-4-12-32(17-22)27(33)20-7-9-25-19(14-20)5-3-11-31(25)2/h7-10,13-16,22H,3-6,11-12,17H2,1-2H3,(H2,28,29)/t22-/m0/s1. The molecule has 0 unspecified atom stereocenters. The second kappa shape index (κ2) is 8.85. The van der Waals surface area contributed by atoms with Gasteiger partial charge in [-0.3, -0.25) is 9.78 Å². The van der Waals surface area contributed by atoms with Crippen molar-refractivity contribution >= 4 is 17.4 Å². The maximum atomic E-state index is 13.4. The highest BCUT2D eigenvalue weighted by atomic mass is 16.2. The van der Waals surface area contributed by atoms with Gasteiger partial charge in [0.25, 0.3) is 5.91 Å². The highest BCUT2D eigenvalue weighted by Crippen LogP contribution is 2.31. The monoisotopic (exact) mass is 441 g/mol. The van der Waals surface area contributed by atoms with E-state index in [1.807, 2.05) is 30.0 Å². The van der Waals surface area contributed by atoms with E-state index in [4.69, 9.17) is 10.7 Å². The lowest BCUT2D eigenvalue weighted by Crippen LogP contribution is -2.39. The van der Waals surface area contributed by atoms with Crippen molar-refractivity contribution in [3.63, 3.8) is 0 Å². The summed E-state index contributed by atoms with van der Waals surface area (Å²) in [5.74, 6) is 0.873. The van der Waals surface area contributed by atoms with Gasteiger partial charge in [-0.2, -0.15) is 0 Å². The molecule has 170 valence electrons. The van der Waals surface area contributed by atoms with Crippen molar-refractivity contribution in [2.24, 2.45) is 0 Å². The van der Waals surface area contributed by atoms with Gasteiger partial charge < -0.3 is 15.5 Å². The third-order valence-electron chi connectivity index (χ3n) is 6.90. The molecule has 0 radical (unpaired) electrons. The smallest absolute Gasteiger partial charge is 0.253 e. The number of aromatic nitrogens is 2. The average Bonchev–Trinajstić information content (AvgIpc) is 2.83. The van der Waals surface area contributed by atoms with Crippen molar-refractivity contribution in [1.82, 2.24) is 14.9 Å². The van der Waals surface area contributed by atoms with Crippen LogP contribution in [0.3, 0.4) is 0 Å². The Bertz CT molecular complexity index is 1170. The lowest BCUT2D eigenvalue weighted by Gasteiger charge is -2.33. The molecule has 5 rings (SSSR count). The number of nitrogens with zero attached hydrogens (tertiary/aromatic N) is 4. The zero-order valence-electron chi connectivity index (χ0n) is 19.4. The van der Waals surface area contributed by atoms with Crippen LogP contribution in [0.5, 0.6) is 0 Å². The van der Waals surface area contributed by atoms with E-state index in [2.05, 4.69) is 41.2 Å². The number of hydrogen-bond donors (Lipinski definition) is 1. The third kappa shape index (κ3) is 4.42. The molecule has 1 fully saturated rings. The van der Waals surface area contributed by atoms with Gasteiger partial charge in [0.1, 0.15) is 5.82 Å². The molecule has 4 heterocycles. The second-order valence-electron chi connectivity index (χ2n) is 9.35. The molecule has 1 aromatic carbocycles. The van der Waals surface area contributed by atoms with Crippen LogP contribution in [0, 0.1) is 6.92 Å². The first kappa shape index (κ1) is 21.4. The average molecular weight is 442 g/mol. The second-order valence-corrected chi connectivity index (χ2v) is 9.35. The Kier molecular flexibility index (Phi) is 5.75. The minimum absolute atomic E-state index is 0.131. The Balaban J connectivity index is 1.37. The molecule has 6 nitrogen and oxygen atoms in total. The number of carbonyl (C=O) groups excluding carboxylic acids is 1. The van der Waals surface area contributed by atoms with Gasteiger partial charge in [-0.15, -0.1) is 0 Å². The largest absolute Gasteiger partial charge is 0.384 e. The van der Waals surface area contributed by atoms with Gasteiger partial charge in [-0.1, -0.05) is 0 Å². The van der Waals surface area contributed by atoms with Crippen LogP contribution in [0.1, 0.15) is 52.5 Å². The van der Waals surface area contributed by atoms with Crippen LogP contribution in [-0.4, -0.2) is 47.5 Å². The van der Waals surface area contributed by atoms with Crippen molar-refractivity contribution in [1.29, 1.82) is 0 Å². The van der Waals surface area contributed by atoms with Gasteiger partial charge in [0.05, 0.1) is 0 Å². The summed E-state index contributed by atoms with van der Waals surface area (Å²) in [6.45, 7) is 4.60. The number of pyridine rings is 2. The lowest BCUT2D eigenvalue weighted by molar-refractivity contribution is 0.0706. The number of piperidine rings is 1. The summed E-state index contributed by atoms with van der Waals surface area (Å²) in [4.78, 5) is 26.8. The summed E-state index contributed by atoms with van der Waals surface area (Å²) < 4.78 is 0. The number of rotatable bonds is 3. The maximum absolute atomic E-state index is 13.4. The Morgan fingerprint density at radius 1 is 1.06 bits per heavy atom. The van der Waals surface area contributed by atoms with E-state index in [1.165, 1.54) is 11.3 Å². The number of anilines is 2. The SMILES string of the molecule is Cc1cc(-c2ccc(N)nc2)cc([C@H]2CCCN(C(=O)c3ccc4c(c3)CCCN4C)C2)n1. The summed E-state index contributed by atoms with van der Waals surface area (Å²) in [7, 11) is 2.12. The van der Waals surface area contributed by atoms with Crippen molar-refractivity contribution < 1.29 is 4.79 Å². The molecule has 2 N–H and O–H groups in total. The van der Waals surface area contributed by atoms with Crippen LogP contribution in [0.2, 0.25) is 0 Å². The molecule has 2 aliphatic heterocycles. The van der Waals surface area contributed by atoms with Gasteiger partial charge in [0.15, 0.2) is 0 Å². The van der Waals surface area contributed by atoms with E-state index in [0.717, 1.165) is 66.9 Å². The number of carbonyl (C=O) groups is 1. The number of nitrogens with two attached hydrogens (primary N) is 1. The van der Waals surface area contributed by atoms with E-state index < -0.39 is 0 Å². The first-order valence-electron chi connectivity index (χ1n) is 11.8. The minimum atomic E-state index is 0.131. The lowest BCUT2D eigenvalue weighted by atomic mass is 9.91. The molecule has 2 aromatic heterocycles. The fourth-order valence-electron chi connectivity index (χ4n) is 5.15. The molecule has 33 heavy (non-hydrogen) atoms. The maximum Gasteiger partial charge on any atom is 0.253 e. The van der Waals surface area contributed by atoms with E-state index in [1.54, 1.807) is 6.20 Å². The summed E-state index contributed by atoms with van der Waals surface area (Å²) in [5, 5.41) is 0. The number of benzene rings is 1. The summed E-state index contributed by atoms with van der Waals surface area (Å²) >= 11 is 0. The fraction of sp³-hybridized carbons (Fsp3) is 0.370. The molecule has 1 amide bonds. The van der Waals surface area contributed by atoms with Crippen molar-refractivity contribution in [3.05, 3.63) is 71.2 Å². The molecule has 2 aliphatic rings. The molecule has 3 aromatic rings. The summed E-state index contributed by atoms with van der Waals surface area (Å²) in [6.07, 6.45) is 6.00. The van der Waals surface area contributed by atoms with Crippen molar-refractivity contribution in [2.75, 3.05) is 37.3 Å². The molecular weight excluding hydrogens is 410 g/mol. The Morgan fingerprint density at radius 2 is 1.94 bits per heavy atom. The Hall–Kier alpha value is -3.41. The first-order valence-corrected chi connectivity index (χ1v) is 11.8. The number of likely N-dealkylation sites (tertiary alicyclic amines) is 1.